The number of nitrogens with zero attached hydrogens (tertiary/aromatic N) is 1. The van der Waals surface area contributed by atoms with E-state index >= 15 is 0 Å². The molecule has 2 rings (SSSR count). The molecule has 0 aliphatic carbocycles. The lowest BCUT2D eigenvalue weighted by Gasteiger charge is -2.11. The molecule has 0 aliphatic rings. The number of hydrogen-bond acceptors (Lipinski definition) is 5. The Morgan fingerprint density at radius 3 is 2.39 bits per heavy atom. The van der Waals surface area contributed by atoms with E-state index in [-0.39, 0.29) is 18.3 Å². The number of thioether (sulfide) groups is 1. The second-order valence-electron chi connectivity index (χ2n) is 6.07. The van der Waals surface area contributed by atoms with Crippen molar-refractivity contribution >= 4 is 46.8 Å². The van der Waals surface area contributed by atoms with Gasteiger partial charge >= 0.3 is 5.97 Å². The Kier molecular flexibility index (Phi) is 8.35. The summed E-state index contributed by atoms with van der Waals surface area (Å²) in [6, 6.07) is 13.9. The number of amides is 2. The van der Waals surface area contributed by atoms with Crippen molar-refractivity contribution in [3.05, 3.63) is 64.7 Å². The first kappa shape index (κ1) is 21.8. The van der Waals surface area contributed by atoms with Gasteiger partial charge in [0, 0.05) is 36.1 Å². The second kappa shape index (κ2) is 10.7. The molecule has 0 saturated heterocycles. The van der Waals surface area contributed by atoms with Gasteiger partial charge in [0.1, 0.15) is 0 Å². The molecule has 0 aliphatic heterocycles. The van der Waals surface area contributed by atoms with Gasteiger partial charge < -0.3 is 15.0 Å². The van der Waals surface area contributed by atoms with Crippen molar-refractivity contribution in [3.8, 4) is 0 Å². The summed E-state index contributed by atoms with van der Waals surface area (Å²) in [5.41, 5.74) is 1.98. The average molecular weight is 421 g/mol. The predicted molar refractivity (Wildman–Crippen MR) is 112 cm³/mol. The second-order valence-corrected chi connectivity index (χ2v) is 7.46. The van der Waals surface area contributed by atoms with Gasteiger partial charge in [-0.15, -0.1) is 11.8 Å². The van der Waals surface area contributed by atoms with Crippen LogP contribution in [-0.2, 0) is 20.1 Å². The zero-order chi connectivity index (χ0) is 20.5. The molecule has 2 aromatic carbocycles. The molecule has 2 aromatic rings. The van der Waals surface area contributed by atoms with Gasteiger partial charge in [-0.1, -0.05) is 29.8 Å². The summed E-state index contributed by atoms with van der Waals surface area (Å²) in [4.78, 5) is 36.9. The summed E-state index contributed by atoms with van der Waals surface area (Å²) < 4.78 is 4.97. The topological polar surface area (TPSA) is 75.7 Å². The molecule has 0 radical (unpaired) electrons. The third-order valence-electron chi connectivity index (χ3n) is 3.62. The Morgan fingerprint density at radius 1 is 1.07 bits per heavy atom. The largest absolute Gasteiger partial charge is 0.455 e. The van der Waals surface area contributed by atoms with E-state index in [4.69, 9.17) is 16.3 Å². The molecule has 0 aromatic heterocycles. The van der Waals surface area contributed by atoms with E-state index < -0.39 is 11.9 Å². The molecule has 2 amide bonds. The fraction of sp³-hybridized carbons (Fsp3) is 0.250. The van der Waals surface area contributed by atoms with E-state index in [0.29, 0.717) is 22.0 Å². The molecular weight excluding hydrogens is 400 g/mol. The lowest BCUT2D eigenvalue weighted by Crippen LogP contribution is -2.22. The normalized spacial score (nSPS) is 10.2. The van der Waals surface area contributed by atoms with E-state index in [2.05, 4.69) is 5.32 Å². The van der Waals surface area contributed by atoms with Gasteiger partial charge in [0.25, 0.3) is 11.8 Å². The van der Waals surface area contributed by atoms with Crippen LogP contribution in [0.15, 0.2) is 48.5 Å². The standard InChI is InChI=1S/C20H21ClN2O4S/c1-23(2)20(26)14-7-9-16(10-8-14)22-18(24)11-27-19(25)13-28-12-15-5-3-4-6-17(15)21/h3-10H,11-13H2,1-2H3,(H,22,24). The highest BCUT2D eigenvalue weighted by Crippen LogP contribution is 2.20. The Bertz CT molecular complexity index is 840. The van der Waals surface area contributed by atoms with Crippen molar-refractivity contribution in [2.24, 2.45) is 0 Å². The number of carbonyl (C=O) groups is 3. The number of rotatable bonds is 8. The van der Waals surface area contributed by atoms with Crippen LogP contribution in [0.5, 0.6) is 0 Å². The zero-order valence-electron chi connectivity index (χ0n) is 15.6. The maximum atomic E-state index is 11.9. The number of carbonyl (C=O) groups excluding carboxylic acids is 3. The molecule has 0 saturated carbocycles. The average Bonchev–Trinajstić information content (AvgIpc) is 2.68. The van der Waals surface area contributed by atoms with E-state index in [0.717, 1.165) is 5.56 Å². The smallest absolute Gasteiger partial charge is 0.316 e. The van der Waals surface area contributed by atoms with Crippen molar-refractivity contribution in [2.75, 3.05) is 31.8 Å². The summed E-state index contributed by atoms with van der Waals surface area (Å²) in [7, 11) is 3.33. The maximum Gasteiger partial charge on any atom is 0.316 e. The first-order chi connectivity index (χ1) is 13.4. The molecule has 0 atom stereocenters. The molecule has 148 valence electrons. The van der Waals surface area contributed by atoms with Crippen LogP contribution >= 0.6 is 23.4 Å². The minimum atomic E-state index is -0.473. The molecular formula is C20H21ClN2O4S. The first-order valence-corrected chi connectivity index (χ1v) is 9.98. The van der Waals surface area contributed by atoms with Crippen LogP contribution in [0.1, 0.15) is 15.9 Å². The number of anilines is 1. The number of nitrogens with one attached hydrogen (secondary N) is 1. The molecule has 0 fully saturated rings. The van der Waals surface area contributed by atoms with E-state index in [9.17, 15) is 14.4 Å². The van der Waals surface area contributed by atoms with Crippen LogP contribution < -0.4 is 5.32 Å². The van der Waals surface area contributed by atoms with Crippen LogP contribution in [0.4, 0.5) is 5.69 Å². The fourth-order valence-electron chi connectivity index (χ4n) is 2.20. The number of ether oxygens (including phenoxy) is 1. The van der Waals surface area contributed by atoms with Gasteiger partial charge in [-0.25, -0.2) is 0 Å². The van der Waals surface area contributed by atoms with Gasteiger partial charge in [0.05, 0.1) is 5.75 Å². The maximum absolute atomic E-state index is 11.9. The van der Waals surface area contributed by atoms with Crippen molar-refractivity contribution in [3.63, 3.8) is 0 Å². The highest BCUT2D eigenvalue weighted by atomic mass is 35.5. The summed E-state index contributed by atoms with van der Waals surface area (Å²) >= 11 is 7.42. The highest BCUT2D eigenvalue weighted by molar-refractivity contribution is 7.99. The molecule has 0 unspecified atom stereocenters. The third kappa shape index (κ3) is 6.90. The van der Waals surface area contributed by atoms with Gasteiger partial charge in [-0.2, -0.15) is 0 Å². The molecule has 28 heavy (non-hydrogen) atoms. The van der Waals surface area contributed by atoms with Crippen LogP contribution in [0.3, 0.4) is 0 Å². The molecule has 0 spiro atoms. The quantitative estimate of drug-likeness (QED) is 0.662. The van der Waals surface area contributed by atoms with Gasteiger partial charge in [-0.3, -0.25) is 14.4 Å². The Hall–Kier alpha value is -2.51. The minimum absolute atomic E-state index is 0.124. The molecule has 6 nitrogen and oxygen atoms in total. The Balaban J connectivity index is 1.71. The predicted octanol–water partition coefficient (Wildman–Crippen LogP) is 3.46. The number of benzene rings is 2. The van der Waals surface area contributed by atoms with E-state index in [1.54, 1.807) is 44.4 Å². The molecule has 8 heteroatoms. The summed E-state index contributed by atoms with van der Waals surface area (Å²) in [5, 5.41) is 3.27. The molecule has 1 N–H and O–H groups in total. The summed E-state index contributed by atoms with van der Waals surface area (Å²) in [6.45, 7) is -0.371. The van der Waals surface area contributed by atoms with E-state index in [1.807, 2.05) is 18.2 Å². The summed E-state index contributed by atoms with van der Waals surface area (Å²) in [5.74, 6) is -0.338. The first-order valence-electron chi connectivity index (χ1n) is 8.45. The SMILES string of the molecule is CN(C)C(=O)c1ccc(NC(=O)COC(=O)CSCc2ccccc2Cl)cc1. The van der Waals surface area contributed by atoms with Crippen LogP contribution in [0.25, 0.3) is 0 Å². The lowest BCUT2D eigenvalue weighted by molar-refractivity contribution is -0.144. The minimum Gasteiger partial charge on any atom is -0.455 e. The number of hydrogen-bond donors (Lipinski definition) is 1. The molecule has 0 heterocycles. The van der Waals surface area contributed by atoms with Crippen LogP contribution in [0.2, 0.25) is 5.02 Å². The molecule has 0 bridgehead atoms. The zero-order valence-corrected chi connectivity index (χ0v) is 17.2. The van der Waals surface area contributed by atoms with Crippen molar-refractivity contribution in [1.82, 2.24) is 4.90 Å². The highest BCUT2D eigenvalue weighted by Gasteiger charge is 2.10. The van der Waals surface area contributed by atoms with Crippen molar-refractivity contribution < 1.29 is 19.1 Å². The fourth-order valence-corrected chi connectivity index (χ4v) is 3.30. The third-order valence-corrected chi connectivity index (χ3v) is 4.95. The van der Waals surface area contributed by atoms with Crippen molar-refractivity contribution in [1.29, 1.82) is 0 Å². The number of esters is 1. The van der Waals surface area contributed by atoms with Crippen molar-refractivity contribution in [2.45, 2.75) is 5.75 Å². The number of halogens is 1. The van der Waals surface area contributed by atoms with Crippen LogP contribution in [-0.4, -0.2) is 49.1 Å². The van der Waals surface area contributed by atoms with Gasteiger partial charge in [-0.05, 0) is 35.9 Å². The monoisotopic (exact) mass is 420 g/mol. The van der Waals surface area contributed by atoms with Gasteiger partial charge in [0.2, 0.25) is 0 Å². The Morgan fingerprint density at radius 2 is 1.75 bits per heavy atom. The van der Waals surface area contributed by atoms with Crippen LogP contribution in [0, 0.1) is 0 Å². The Labute approximate surface area is 173 Å². The van der Waals surface area contributed by atoms with E-state index in [1.165, 1.54) is 16.7 Å². The lowest BCUT2D eigenvalue weighted by atomic mass is 10.2. The van der Waals surface area contributed by atoms with Gasteiger partial charge in [0.15, 0.2) is 6.61 Å². The summed E-state index contributed by atoms with van der Waals surface area (Å²) in [6.07, 6.45) is 0.